The first kappa shape index (κ1) is 45.9. The summed E-state index contributed by atoms with van der Waals surface area (Å²) in [5.74, 6) is -4.32. The van der Waals surface area contributed by atoms with Crippen LogP contribution in [0.2, 0.25) is 0 Å². The van der Waals surface area contributed by atoms with E-state index in [0.717, 1.165) is 0 Å². The van der Waals surface area contributed by atoms with Crippen LogP contribution in [-0.4, -0.2) is 120 Å². The Bertz CT molecular complexity index is 850. The summed E-state index contributed by atoms with van der Waals surface area (Å²) in [5, 5.41) is -4.93. The minimum absolute atomic E-state index is 0.407. The van der Waals surface area contributed by atoms with Crippen molar-refractivity contribution in [3.05, 3.63) is 0 Å². The van der Waals surface area contributed by atoms with Gasteiger partial charge in [-0.3, -0.25) is 28.8 Å². The molecule has 13 nitrogen and oxygen atoms in total. The van der Waals surface area contributed by atoms with Crippen molar-refractivity contribution in [1.29, 1.82) is 0 Å². The van der Waals surface area contributed by atoms with Gasteiger partial charge in [-0.25, -0.2) is 0 Å². The first-order valence-corrected chi connectivity index (χ1v) is 17.4. The van der Waals surface area contributed by atoms with E-state index < -0.39 is 131 Å². The highest BCUT2D eigenvalue weighted by Crippen LogP contribution is 2.27. The fourth-order valence-electron chi connectivity index (χ4n) is 3.05. The Labute approximate surface area is 308 Å². The van der Waals surface area contributed by atoms with Crippen LogP contribution < -0.4 is 0 Å². The third-order valence-electron chi connectivity index (χ3n) is 5.99. The maximum atomic E-state index is 12.4. The van der Waals surface area contributed by atoms with Gasteiger partial charge in [0.05, 0.1) is 55.5 Å². The number of esters is 6. The molecule has 0 spiro atoms. The van der Waals surface area contributed by atoms with E-state index in [9.17, 15) is 28.8 Å². The lowest BCUT2D eigenvalue weighted by atomic mass is 9.90. The Morgan fingerprint density at radius 2 is 0.511 bits per heavy atom. The van der Waals surface area contributed by atoms with Crippen LogP contribution in [0.4, 0.5) is 0 Å². The van der Waals surface area contributed by atoms with E-state index in [0.29, 0.717) is 0 Å². The second-order valence-electron chi connectivity index (χ2n) is 11.2. The molecule has 0 bridgehead atoms. The van der Waals surface area contributed by atoms with E-state index in [1.165, 1.54) is 41.5 Å². The lowest BCUT2D eigenvalue weighted by Crippen LogP contribution is -2.48. The first-order valence-electron chi connectivity index (χ1n) is 14.3. The van der Waals surface area contributed by atoms with Gasteiger partial charge in [0.25, 0.3) is 0 Å². The predicted octanol–water partition coefficient (Wildman–Crippen LogP) is 2.14. The summed E-state index contributed by atoms with van der Waals surface area (Å²) in [6.07, 6.45) is 0. The molecule has 0 aliphatic carbocycles. The molecule has 6 atom stereocenters. The summed E-state index contributed by atoms with van der Waals surface area (Å²) < 4.78 is 38.5. The van der Waals surface area contributed by atoms with Gasteiger partial charge in [0.15, 0.2) is 0 Å². The molecule has 0 aliphatic heterocycles. The monoisotopic (exact) mass is 782 g/mol. The molecular weight excluding hydrogens is 737 g/mol. The first-order chi connectivity index (χ1) is 21.7. The molecule has 19 heteroatoms. The summed E-state index contributed by atoms with van der Waals surface area (Å²) in [4.78, 5) is 74.3. The Balaban J connectivity index is 6.64. The summed E-state index contributed by atoms with van der Waals surface area (Å²) in [6.45, 7) is 5.31. The maximum Gasteiger partial charge on any atom is 0.318 e. The summed E-state index contributed by atoms with van der Waals surface area (Å²) >= 11 is 24.5. The standard InChI is InChI=1S/C28H46O13S6/c1-15(42)21(29)36-9-27(10-37-22(30)16(2)43,11-38-23(31)17(3)44)7-35-8-28(12-39-24(32)18(4)45,13-40-25(33)19(5)46)14-41-26(34)20(6)47/h15-20,42-47H,7-14H2,1-6H3. The van der Waals surface area contributed by atoms with Gasteiger partial charge >= 0.3 is 35.8 Å². The maximum absolute atomic E-state index is 12.4. The van der Waals surface area contributed by atoms with Crippen molar-refractivity contribution in [2.45, 2.75) is 73.0 Å². The molecule has 272 valence electrons. The van der Waals surface area contributed by atoms with E-state index in [1.807, 2.05) is 0 Å². The normalized spacial score (nSPS) is 17.6. The zero-order valence-corrected chi connectivity index (χ0v) is 32.5. The van der Waals surface area contributed by atoms with Gasteiger partial charge in [-0.05, 0) is 41.5 Å². The van der Waals surface area contributed by atoms with Gasteiger partial charge < -0.3 is 33.2 Å². The molecule has 0 aliphatic rings. The van der Waals surface area contributed by atoms with Crippen molar-refractivity contribution in [2.75, 3.05) is 52.9 Å². The molecule has 0 saturated carbocycles. The van der Waals surface area contributed by atoms with Gasteiger partial charge in [-0.1, -0.05) is 0 Å². The lowest BCUT2D eigenvalue weighted by molar-refractivity contribution is -0.174. The van der Waals surface area contributed by atoms with Gasteiger partial charge in [0.2, 0.25) is 0 Å². The molecule has 47 heavy (non-hydrogen) atoms. The Morgan fingerprint density at radius 1 is 0.362 bits per heavy atom. The largest absolute Gasteiger partial charge is 0.464 e. The van der Waals surface area contributed by atoms with Crippen LogP contribution in [0, 0.1) is 10.8 Å². The third kappa shape index (κ3) is 18.4. The van der Waals surface area contributed by atoms with E-state index in [1.54, 1.807) is 0 Å². The second kappa shape index (κ2) is 22.6. The van der Waals surface area contributed by atoms with Crippen molar-refractivity contribution in [3.8, 4) is 0 Å². The van der Waals surface area contributed by atoms with Crippen LogP contribution in [0.25, 0.3) is 0 Å². The number of carbonyl (C=O) groups is 6. The molecule has 6 unspecified atom stereocenters. The van der Waals surface area contributed by atoms with E-state index >= 15 is 0 Å². The van der Waals surface area contributed by atoms with Crippen molar-refractivity contribution in [1.82, 2.24) is 0 Å². The lowest BCUT2D eigenvalue weighted by Gasteiger charge is -2.36. The molecule has 0 aromatic carbocycles. The quantitative estimate of drug-likeness (QED) is 0.0538. The molecule has 0 aromatic heterocycles. The molecule has 0 saturated heterocycles. The summed E-state index contributed by atoms with van der Waals surface area (Å²) in [5.41, 5.74) is -2.99. The predicted molar refractivity (Wildman–Crippen MR) is 192 cm³/mol. The minimum atomic E-state index is -1.50. The number of ether oxygens (including phenoxy) is 7. The van der Waals surface area contributed by atoms with Crippen molar-refractivity contribution in [2.24, 2.45) is 10.8 Å². The van der Waals surface area contributed by atoms with Crippen molar-refractivity contribution in [3.63, 3.8) is 0 Å². The van der Waals surface area contributed by atoms with Crippen LogP contribution in [0.1, 0.15) is 41.5 Å². The van der Waals surface area contributed by atoms with Crippen LogP contribution in [0.3, 0.4) is 0 Å². The Morgan fingerprint density at radius 3 is 0.638 bits per heavy atom. The Hall–Kier alpha value is -1.12. The van der Waals surface area contributed by atoms with Gasteiger partial charge in [0.1, 0.15) is 39.6 Å². The Kier molecular flexibility index (Phi) is 22.0. The second-order valence-corrected chi connectivity index (χ2v) is 15.8. The van der Waals surface area contributed by atoms with Gasteiger partial charge in [0, 0.05) is 0 Å². The van der Waals surface area contributed by atoms with Crippen LogP contribution in [0.5, 0.6) is 0 Å². The highest BCUT2D eigenvalue weighted by Gasteiger charge is 2.41. The molecule has 0 amide bonds. The molecule has 0 aromatic rings. The number of carbonyl (C=O) groups excluding carboxylic acids is 6. The third-order valence-corrected chi connectivity index (χ3v) is 7.25. The number of rotatable bonds is 22. The summed E-state index contributed by atoms with van der Waals surface area (Å²) in [6, 6.07) is 0. The zero-order chi connectivity index (χ0) is 36.5. The molecule has 0 N–H and O–H groups in total. The molecule has 0 radical (unpaired) electrons. The SMILES string of the molecule is CC(S)C(=O)OCC(COCC(COC(=O)C(C)S)(COC(=O)C(C)S)COC(=O)C(C)S)(COC(=O)C(C)S)COC(=O)C(C)S. The van der Waals surface area contributed by atoms with E-state index in [2.05, 4.69) is 75.8 Å². The highest BCUT2D eigenvalue weighted by atomic mass is 32.1. The zero-order valence-electron chi connectivity index (χ0n) is 27.1. The number of thiol groups is 6. The topological polar surface area (TPSA) is 167 Å². The number of hydrogen-bond acceptors (Lipinski definition) is 19. The molecule has 0 rings (SSSR count). The van der Waals surface area contributed by atoms with Crippen LogP contribution in [0.15, 0.2) is 0 Å². The van der Waals surface area contributed by atoms with E-state index in [4.69, 9.17) is 33.2 Å². The van der Waals surface area contributed by atoms with Crippen LogP contribution in [-0.2, 0) is 61.9 Å². The van der Waals surface area contributed by atoms with Gasteiger partial charge in [-0.2, -0.15) is 75.8 Å². The van der Waals surface area contributed by atoms with Crippen molar-refractivity contribution < 1.29 is 61.9 Å². The molecule has 0 fully saturated rings. The highest BCUT2D eigenvalue weighted by molar-refractivity contribution is 7.82. The fourth-order valence-corrected chi connectivity index (χ4v) is 3.50. The fraction of sp³-hybridized carbons (Fsp3) is 0.786. The molecular formula is C28H46O13S6. The van der Waals surface area contributed by atoms with Gasteiger partial charge in [-0.15, -0.1) is 0 Å². The average molecular weight is 783 g/mol. The van der Waals surface area contributed by atoms with E-state index in [-0.39, 0.29) is 0 Å². The van der Waals surface area contributed by atoms with Crippen LogP contribution >= 0.6 is 75.8 Å². The smallest absolute Gasteiger partial charge is 0.318 e. The molecule has 0 heterocycles. The minimum Gasteiger partial charge on any atom is -0.464 e. The average Bonchev–Trinajstić information content (AvgIpc) is 3.00. The number of hydrogen-bond donors (Lipinski definition) is 6. The van der Waals surface area contributed by atoms with Crippen molar-refractivity contribution >= 4 is 112 Å². The summed E-state index contributed by atoms with van der Waals surface area (Å²) in [7, 11) is 0.